The van der Waals surface area contributed by atoms with Crippen LogP contribution in [-0.2, 0) is 19.1 Å². The summed E-state index contributed by atoms with van der Waals surface area (Å²) < 4.78 is 10.0. The molecule has 0 saturated carbocycles. The zero-order valence-electron chi connectivity index (χ0n) is 13.4. The quantitative estimate of drug-likeness (QED) is 0.505. The summed E-state index contributed by atoms with van der Waals surface area (Å²) in [6.07, 6.45) is -0.0215. The van der Waals surface area contributed by atoms with Gasteiger partial charge in [0.2, 0.25) is 0 Å². The number of allylic oxidation sites excluding steroid dienone is 1. The van der Waals surface area contributed by atoms with Gasteiger partial charge in [0, 0.05) is 18.1 Å². The highest BCUT2D eigenvalue weighted by atomic mass is 16.6. The van der Waals surface area contributed by atoms with Crippen molar-refractivity contribution in [3.8, 4) is 0 Å². The van der Waals surface area contributed by atoms with E-state index in [9.17, 15) is 24.8 Å². The predicted molar refractivity (Wildman–Crippen MR) is 84.7 cm³/mol. The van der Waals surface area contributed by atoms with Crippen molar-refractivity contribution in [2.45, 2.75) is 19.3 Å². The molecule has 2 aliphatic rings. The van der Waals surface area contributed by atoms with E-state index in [1.807, 2.05) is 0 Å². The molecule has 1 unspecified atom stereocenters. The van der Waals surface area contributed by atoms with Crippen LogP contribution >= 0.6 is 0 Å². The van der Waals surface area contributed by atoms with Crippen molar-refractivity contribution < 1.29 is 29.1 Å². The highest BCUT2D eigenvalue weighted by Crippen LogP contribution is 2.46. The molecule has 0 bridgehead atoms. The maximum Gasteiger partial charge on any atom is 0.338 e. The van der Waals surface area contributed by atoms with Crippen molar-refractivity contribution >= 4 is 17.6 Å². The van der Waals surface area contributed by atoms with Crippen molar-refractivity contribution in [2.24, 2.45) is 0 Å². The molecule has 130 valence electrons. The maximum atomic E-state index is 12.4. The van der Waals surface area contributed by atoms with Crippen molar-refractivity contribution in [2.75, 3.05) is 13.2 Å². The number of nitro groups is 1. The lowest BCUT2D eigenvalue weighted by molar-refractivity contribution is -0.385. The summed E-state index contributed by atoms with van der Waals surface area (Å²) in [5.74, 6) is -2.82. The summed E-state index contributed by atoms with van der Waals surface area (Å²) in [5, 5.41) is 21.8. The molecule has 1 aromatic carbocycles. The number of para-hydroxylation sites is 1. The molecule has 0 amide bonds. The molecule has 0 spiro atoms. The van der Waals surface area contributed by atoms with E-state index in [4.69, 9.17) is 9.47 Å². The first-order valence-electron chi connectivity index (χ1n) is 7.67. The summed E-state index contributed by atoms with van der Waals surface area (Å²) in [6.45, 7) is 1.66. The fraction of sp³-hybridized carbons (Fsp3) is 0.294. The summed E-state index contributed by atoms with van der Waals surface area (Å²) in [7, 11) is 0. The summed E-state index contributed by atoms with van der Waals surface area (Å²) in [4.78, 5) is 35.4. The first kappa shape index (κ1) is 16.7. The normalized spacial score (nSPS) is 19.6. The Labute approximate surface area is 142 Å². The lowest BCUT2D eigenvalue weighted by atomic mass is 9.77. The maximum absolute atomic E-state index is 12.4. The second kappa shape index (κ2) is 6.39. The van der Waals surface area contributed by atoms with Gasteiger partial charge in [-0.25, -0.2) is 9.59 Å². The standard InChI is InChI=1S/C17H15NO7/c1-2-24-17(21)15-12(19)7-9-8-25-16(20)13(9)14(15)10-5-3-4-6-11(10)18(22)23/h3-6,14,19H,2,7-8H2,1H3. The van der Waals surface area contributed by atoms with E-state index < -0.39 is 22.8 Å². The Kier molecular flexibility index (Phi) is 4.26. The largest absolute Gasteiger partial charge is 0.511 e. The lowest BCUT2D eigenvalue weighted by Gasteiger charge is -2.25. The van der Waals surface area contributed by atoms with Crippen molar-refractivity contribution in [1.82, 2.24) is 0 Å². The average molecular weight is 345 g/mol. The number of ether oxygens (including phenoxy) is 2. The molecule has 8 heteroatoms. The van der Waals surface area contributed by atoms with Crippen LogP contribution in [0, 0.1) is 10.1 Å². The fourth-order valence-corrected chi connectivity index (χ4v) is 3.18. The third-order valence-corrected chi connectivity index (χ3v) is 4.19. The molecule has 0 aromatic heterocycles. The topological polar surface area (TPSA) is 116 Å². The van der Waals surface area contributed by atoms with Crippen LogP contribution in [0.15, 0.2) is 46.7 Å². The minimum Gasteiger partial charge on any atom is -0.511 e. The number of nitrogens with zero attached hydrogens (tertiary/aromatic N) is 1. The van der Waals surface area contributed by atoms with E-state index in [2.05, 4.69) is 0 Å². The van der Waals surface area contributed by atoms with E-state index in [0.29, 0.717) is 5.57 Å². The first-order valence-corrected chi connectivity index (χ1v) is 7.67. The molecule has 1 heterocycles. The van der Waals surface area contributed by atoms with Gasteiger partial charge in [-0.15, -0.1) is 0 Å². The monoisotopic (exact) mass is 345 g/mol. The van der Waals surface area contributed by atoms with Gasteiger partial charge in [-0.1, -0.05) is 18.2 Å². The second-order valence-corrected chi connectivity index (χ2v) is 5.60. The number of esters is 2. The number of hydrogen-bond donors (Lipinski definition) is 1. The number of rotatable bonds is 4. The van der Waals surface area contributed by atoms with Crippen LogP contribution in [0.25, 0.3) is 0 Å². The third kappa shape index (κ3) is 2.75. The molecule has 1 aliphatic heterocycles. The van der Waals surface area contributed by atoms with Gasteiger partial charge >= 0.3 is 11.9 Å². The van der Waals surface area contributed by atoms with Gasteiger partial charge in [0.1, 0.15) is 12.4 Å². The fourth-order valence-electron chi connectivity index (χ4n) is 3.18. The Bertz CT molecular complexity index is 837. The van der Waals surface area contributed by atoms with Gasteiger partial charge in [0.15, 0.2) is 0 Å². The first-order chi connectivity index (χ1) is 12.0. The van der Waals surface area contributed by atoms with Crippen LogP contribution in [0.3, 0.4) is 0 Å². The number of carbonyl (C=O) groups excluding carboxylic acids is 2. The van der Waals surface area contributed by atoms with Crippen LogP contribution in [0.2, 0.25) is 0 Å². The number of aliphatic hydroxyl groups excluding tert-OH is 1. The van der Waals surface area contributed by atoms with Gasteiger partial charge in [0.05, 0.1) is 28.6 Å². The number of hydrogen-bond acceptors (Lipinski definition) is 7. The minimum absolute atomic E-state index is 0.00847. The number of aliphatic hydroxyl groups is 1. The van der Waals surface area contributed by atoms with Crippen LogP contribution < -0.4 is 0 Å². The number of nitro benzene ring substituents is 1. The molecule has 8 nitrogen and oxygen atoms in total. The average Bonchev–Trinajstić information content (AvgIpc) is 2.94. The van der Waals surface area contributed by atoms with E-state index >= 15 is 0 Å². The van der Waals surface area contributed by atoms with Crippen molar-refractivity contribution in [3.63, 3.8) is 0 Å². The zero-order chi connectivity index (χ0) is 18.1. The molecule has 0 radical (unpaired) electrons. The Balaban J connectivity index is 2.23. The summed E-state index contributed by atoms with van der Waals surface area (Å²) in [5.41, 5.74) is 0.395. The van der Waals surface area contributed by atoms with Crippen LogP contribution in [0.1, 0.15) is 24.8 Å². The van der Waals surface area contributed by atoms with E-state index in [1.54, 1.807) is 13.0 Å². The molecule has 1 atom stereocenters. The van der Waals surface area contributed by atoms with Crippen LogP contribution in [0.5, 0.6) is 0 Å². The van der Waals surface area contributed by atoms with E-state index in [0.717, 1.165) is 0 Å². The highest BCUT2D eigenvalue weighted by molar-refractivity contribution is 6.01. The van der Waals surface area contributed by atoms with E-state index in [1.165, 1.54) is 18.2 Å². The van der Waals surface area contributed by atoms with Crippen molar-refractivity contribution in [3.05, 3.63) is 62.4 Å². The predicted octanol–water partition coefficient (Wildman–Crippen LogP) is 2.31. The summed E-state index contributed by atoms with van der Waals surface area (Å²) in [6, 6.07) is 5.79. The molecular weight excluding hydrogens is 330 g/mol. The third-order valence-electron chi connectivity index (χ3n) is 4.19. The molecule has 3 rings (SSSR count). The van der Waals surface area contributed by atoms with Gasteiger partial charge in [0.25, 0.3) is 5.69 Å². The van der Waals surface area contributed by atoms with Gasteiger partial charge < -0.3 is 14.6 Å². The van der Waals surface area contributed by atoms with Crippen LogP contribution in [-0.4, -0.2) is 35.2 Å². The number of benzene rings is 1. The molecular formula is C17H15NO7. The number of carbonyl (C=O) groups is 2. The summed E-state index contributed by atoms with van der Waals surface area (Å²) >= 11 is 0. The SMILES string of the molecule is CCOC(=O)C1=C(O)CC2=C(C(=O)OC2)C1c1ccccc1[N+](=O)[O-]. The molecule has 1 aromatic rings. The molecule has 25 heavy (non-hydrogen) atoms. The van der Waals surface area contributed by atoms with Gasteiger partial charge in [-0.2, -0.15) is 0 Å². The van der Waals surface area contributed by atoms with Crippen molar-refractivity contribution in [1.29, 1.82) is 0 Å². The zero-order valence-corrected chi connectivity index (χ0v) is 13.4. The Morgan fingerprint density at radius 3 is 2.84 bits per heavy atom. The Hall–Kier alpha value is -3.16. The molecule has 0 saturated heterocycles. The van der Waals surface area contributed by atoms with E-state index in [-0.39, 0.29) is 47.8 Å². The smallest absolute Gasteiger partial charge is 0.338 e. The number of cyclic esters (lactones) is 1. The van der Waals surface area contributed by atoms with Crippen LogP contribution in [0.4, 0.5) is 5.69 Å². The Morgan fingerprint density at radius 2 is 2.16 bits per heavy atom. The molecule has 1 aliphatic carbocycles. The van der Waals surface area contributed by atoms with Gasteiger partial charge in [-0.05, 0) is 12.5 Å². The Morgan fingerprint density at radius 1 is 1.44 bits per heavy atom. The molecule has 0 fully saturated rings. The second-order valence-electron chi connectivity index (χ2n) is 5.60. The minimum atomic E-state index is -1.10. The molecule has 1 N–H and O–H groups in total. The van der Waals surface area contributed by atoms with Gasteiger partial charge in [-0.3, -0.25) is 10.1 Å². The lowest BCUT2D eigenvalue weighted by Crippen LogP contribution is -2.25. The highest BCUT2D eigenvalue weighted by Gasteiger charge is 2.44.